The van der Waals surface area contributed by atoms with Crippen LogP contribution in [0.1, 0.15) is 21.7 Å². The smallest absolute Gasteiger partial charge is 0.268 e. The molecule has 0 bridgehead atoms. The monoisotopic (exact) mass is 532 g/mol. The molecule has 3 rings (SSSR count). The van der Waals surface area contributed by atoms with E-state index in [-0.39, 0.29) is 12.2 Å². The number of methoxy groups -OCH3 is 2. The maximum atomic E-state index is 12.9. The first-order valence-electron chi connectivity index (χ1n) is 9.33. The molecule has 2 N–H and O–H groups in total. The Balaban J connectivity index is 1.81. The summed E-state index contributed by atoms with van der Waals surface area (Å²) in [4.78, 5) is 25.6. The zero-order chi connectivity index (χ0) is 22.2. The van der Waals surface area contributed by atoms with Gasteiger partial charge >= 0.3 is 0 Å². The van der Waals surface area contributed by atoms with E-state index < -0.39 is 11.8 Å². The van der Waals surface area contributed by atoms with Crippen LogP contribution in [0, 0.1) is 3.77 Å². The number of benzene rings is 2. The van der Waals surface area contributed by atoms with Gasteiger partial charge in [0.25, 0.3) is 11.8 Å². The molecule has 31 heavy (non-hydrogen) atoms. The number of rotatable bonds is 8. The Morgan fingerprint density at radius 2 is 1.77 bits per heavy atom. The van der Waals surface area contributed by atoms with Crippen LogP contribution in [0.3, 0.4) is 0 Å². The molecule has 0 aliphatic heterocycles. The molecule has 0 aliphatic rings. The molecule has 2 aromatic carbocycles. The molecule has 0 spiro atoms. The van der Waals surface area contributed by atoms with Crippen LogP contribution in [-0.2, 0) is 11.3 Å². The molecule has 2 amide bonds. The lowest BCUT2D eigenvalue weighted by molar-refractivity contribution is -0.117. The van der Waals surface area contributed by atoms with Gasteiger partial charge in [0.2, 0.25) is 0 Å². The van der Waals surface area contributed by atoms with Gasteiger partial charge < -0.3 is 24.5 Å². The third-order valence-corrected chi connectivity index (χ3v) is 4.91. The number of furan rings is 1. The van der Waals surface area contributed by atoms with Gasteiger partial charge in [-0.2, -0.15) is 0 Å². The van der Waals surface area contributed by atoms with Gasteiger partial charge in [-0.15, -0.1) is 0 Å². The van der Waals surface area contributed by atoms with Gasteiger partial charge in [0, 0.05) is 23.7 Å². The van der Waals surface area contributed by atoms with Crippen molar-refractivity contribution in [3.63, 3.8) is 0 Å². The molecule has 3 aromatic rings. The minimum absolute atomic E-state index is 0.0569. The average Bonchev–Trinajstić information content (AvgIpc) is 3.21. The van der Waals surface area contributed by atoms with Crippen molar-refractivity contribution in [2.45, 2.75) is 6.54 Å². The summed E-state index contributed by atoms with van der Waals surface area (Å²) in [7, 11) is 3.08. The lowest BCUT2D eigenvalue weighted by Gasteiger charge is -2.14. The van der Waals surface area contributed by atoms with Crippen molar-refractivity contribution in [3.05, 3.63) is 87.0 Å². The lowest BCUT2D eigenvalue weighted by Crippen LogP contribution is -2.34. The van der Waals surface area contributed by atoms with E-state index in [1.165, 1.54) is 13.2 Å². The number of carbonyl (C=O) groups excluding carboxylic acids is 2. The molecule has 0 aliphatic carbocycles. The Kier molecular flexibility index (Phi) is 7.71. The van der Waals surface area contributed by atoms with Crippen LogP contribution >= 0.6 is 22.6 Å². The average molecular weight is 532 g/mol. The van der Waals surface area contributed by atoms with E-state index >= 15 is 0 Å². The van der Waals surface area contributed by atoms with Crippen LogP contribution in [0.4, 0.5) is 0 Å². The molecule has 0 saturated carbocycles. The van der Waals surface area contributed by atoms with E-state index in [9.17, 15) is 9.59 Å². The molecule has 1 heterocycles. The molecule has 0 atom stereocenters. The van der Waals surface area contributed by atoms with Gasteiger partial charge in [-0.3, -0.25) is 9.59 Å². The minimum Gasteiger partial charge on any atom is -0.493 e. The van der Waals surface area contributed by atoms with Crippen molar-refractivity contribution in [2.75, 3.05) is 14.2 Å². The highest BCUT2D eigenvalue weighted by molar-refractivity contribution is 14.1. The second kappa shape index (κ2) is 10.7. The summed E-state index contributed by atoms with van der Waals surface area (Å²) in [5.74, 6) is 0.668. The predicted octanol–water partition coefficient (Wildman–Crippen LogP) is 3.99. The first-order chi connectivity index (χ1) is 15.0. The highest BCUT2D eigenvalue weighted by Crippen LogP contribution is 2.30. The van der Waals surface area contributed by atoms with Crippen LogP contribution < -0.4 is 20.1 Å². The summed E-state index contributed by atoms with van der Waals surface area (Å²) in [5.41, 5.74) is 1.22. The van der Waals surface area contributed by atoms with Crippen LogP contribution in [0.2, 0.25) is 0 Å². The number of amides is 2. The van der Waals surface area contributed by atoms with Crippen molar-refractivity contribution in [3.8, 4) is 11.5 Å². The van der Waals surface area contributed by atoms with Crippen molar-refractivity contribution in [1.82, 2.24) is 10.6 Å². The Hall–Kier alpha value is -3.27. The summed E-state index contributed by atoms with van der Waals surface area (Å²) in [5, 5.41) is 5.48. The third kappa shape index (κ3) is 5.88. The summed E-state index contributed by atoms with van der Waals surface area (Å²) in [6.45, 7) is 0.174. The lowest BCUT2D eigenvalue weighted by atomic mass is 10.1. The quantitative estimate of drug-likeness (QED) is 0.339. The first-order valence-corrected chi connectivity index (χ1v) is 10.4. The van der Waals surface area contributed by atoms with E-state index in [0.717, 1.165) is 5.56 Å². The van der Waals surface area contributed by atoms with E-state index in [0.29, 0.717) is 26.6 Å². The summed E-state index contributed by atoms with van der Waals surface area (Å²) < 4.78 is 16.9. The largest absolute Gasteiger partial charge is 0.493 e. The predicted molar refractivity (Wildman–Crippen MR) is 125 cm³/mol. The molecule has 8 heteroatoms. The SMILES string of the molecule is COc1cccc(CNC(=O)/C(=C/c2ccc(I)o2)NC(=O)c2ccccc2)c1OC. The second-order valence-electron chi connectivity index (χ2n) is 6.36. The molecule has 1 aromatic heterocycles. The number of halogens is 1. The number of nitrogens with one attached hydrogen (secondary N) is 2. The standard InChI is InChI=1S/C23H21IN2O5/c1-29-19-10-6-9-16(21(19)30-2)14-25-23(28)18(13-17-11-12-20(24)31-17)26-22(27)15-7-4-3-5-8-15/h3-13H,14H2,1-2H3,(H,25,28)(H,26,27)/b18-13-. The summed E-state index contributed by atoms with van der Waals surface area (Å²) in [6.07, 6.45) is 1.49. The Morgan fingerprint density at radius 3 is 2.42 bits per heavy atom. The first kappa shape index (κ1) is 22.4. The van der Waals surface area contributed by atoms with Gasteiger partial charge in [-0.25, -0.2) is 0 Å². The van der Waals surface area contributed by atoms with Crippen molar-refractivity contribution >= 4 is 40.5 Å². The fourth-order valence-corrected chi connectivity index (χ4v) is 3.29. The molecule has 0 unspecified atom stereocenters. The van der Waals surface area contributed by atoms with E-state index in [2.05, 4.69) is 10.6 Å². The maximum absolute atomic E-state index is 12.9. The molecule has 160 valence electrons. The van der Waals surface area contributed by atoms with Gasteiger partial charge in [0.05, 0.1) is 14.2 Å². The van der Waals surface area contributed by atoms with Crippen LogP contribution in [0.15, 0.2) is 70.8 Å². The van der Waals surface area contributed by atoms with Gasteiger partial charge in [-0.05, 0) is 52.9 Å². The molecular formula is C23H21IN2O5. The maximum Gasteiger partial charge on any atom is 0.268 e. The zero-order valence-corrected chi connectivity index (χ0v) is 19.1. The highest BCUT2D eigenvalue weighted by atomic mass is 127. The van der Waals surface area contributed by atoms with Crippen molar-refractivity contribution < 1.29 is 23.5 Å². The second-order valence-corrected chi connectivity index (χ2v) is 7.42. The fraction of sp³-hybridized carbons (Fsp3) is 0.130. The van der Waals surface area contributed by atoms with Gasteiger partial charge in [-0.1, -0.05) is 30.3 Å². The topological polar surface area (TPSA) is 89.8 Å². The van der Waals surface area contributed by atoms with E-state index in [4.69, 9.17) is 13.9 Å². The number of carbonyl (C=O) groups is 2. The number of para-hydroxylation sites is 1. The van der Waals surface area contributed by atoms with Crippen molar-refractivity contribution in [1.29, 1.82) is 0 Å². The fourth-order valence-electron chi connectivity index (χ4n) is 2.85. The van der Waals surface area contributed by atoms with Crippen LogP contribution in [0.5, 0.6) is 11.5 Å². The Bertz CT molecular complexity index is 1090. The highest BCUT2D eigenvalue weighted by Gasteiger charge is 2.17. The van der Waals surface area contributed by atoms with E-state index in [1.807, 2.05) is 40.8 Å². The minimum atomic E-state index is -0.472. The Labute approximate surface area is 193 Å². The third-order valence-electron chi connectivity index (χ3n) is 4.33. The van der Waals surface area contributed by atoms with Gasteiger partial charge in [0.1, 0.15) is 11.5 Å². The molecular weight excluding hydrogens is 511 g/mol. The molecule has 7 nitrogen and oxygen atoms in total. The zero-order valence-electron chi connectivity index (χ0n) is 17.0. The number of ether oxygens (including phenoxy) is 2. The Morgan fingerprint density at radius 1 is 1.00 bits per heavy atom. The summed E-state index contributed by atoms with van der Waals surface area (Å²) >= 11 is 2.03. The summed E-state index contributed by atoms with van der Waals surface area (Å²) in [6, 6.07) is 17.5. The van der Waals surface area contributed by atoms with Gasteiger partial charge in [0.15, 0.2) is 15.3 Å². The number of hydrogen-bond acceptors (Lipinski definition) is 5. The normalized spacial score (nSPS) is 11.0. The van der Waals surface area contributed by atoms with E-state index in [1.54, 1.807) is 49.6 Å². The van der Waals surface area contributed by atoms with Crippen LogP contribution in [0.25, 0.3) is 6.08 Å². The number of hydrogen-bond donors (Lipinski definition) is 2. The molecule has 0 saturated heterocycles. The molecule has 0 fully saturated rings. The van der Waals surface area contributed by atoms with Crippen molar-refractivity contribution in [2.24, 2.45) is 0 Å². The molecule has 0 radical (unpaired) electrons. The van der Waals surface area contributed by atoms with Crippen LogP contribution in [-0.4, -0.2) is 26.0 Å².